The van der Waals surface area contributed by atoms with E-state index >= 15 is 0 Å². The van der Waals surface area contributed by atoms with Crippen LogP contribution in [0.2, 0.25) is 0 Å². The number of ether oxygens (including phenoxy) is 2. The standard InChI is InChI=1S/C25H26FN3O6/c1-3-8-34-21-11-19(18(26)9-14(21)2)27-25(33)35-13-15-4-5-16-12-29(24(32)17(16)10-15)20-6-7-22(30)28-23(20)31/h4-5,9-11,20H,3,6-8,12-13H2,1-2H3,(H,27,33)(H,28,30,31). The van der Waals surface area contributed by atoms with Crippen molar-refractivity contribution >= 4 is 29.5 Å². The molecule has 4 amide bonds. The van der Waals surface area contributed by atoms with Gasteiger partial charge in [-0.15, -0.1) is 0 Å². The Bertz CT molecular complexity index is 1200. The molecule has 2 aliphatic rings. The van der Waals surface area contributed by atoms with Crippen LogP contribution in [0.5, 0.6) is 5.75 Å². The minimum atomic E-state index is -0.855. The molecule has 4 rings (SSSR count). The van der Waals surface area contributed by atoms with Crippen molar-refractivity contribution in [3.63, 3.8) is 0 Å². The van der Waals surface area contributed by atoms with Crippen molar-refractivity contribution in [3.05, 3.63) is 58.4 Å². The molecule has 2 aromatic rings. The number of benzene rings is 2. The van der Waals surface area contributed by atoms with Gasteiger partial charge < -0.3 is 14.4 Å². The predicted octanol–water partition coefficient (Wildman–Crippen LogP) is 3.43. The number of carbonyl (C=O) groups is 4. The van der Waals surface area contributed by atoms with Crippen molar-refractivity contribution in [1.82, 2.24) is 10.2 Å². The number of amides is 4. The second-order valence-corrected chi connectivity index (χ2v) is 8.54. The first-order valence-electron chi connectivity index (χ1n) is 11.4. The summed E-state index contributed by atoms with van der Waals surface area (Å²) >= 11 is 0. The molecule has 1 saturated heterocycles. The van der Waals surface area contributed by atoms with Crippen molar-refractivity contribution in [2.45, 2.75) is 52.3 Å². The van der Waals surface area contributed by atoms with E-state index in [-0.39, 0.29) is 43.5 Å². The fourth-order valence-electron chi connectivity index (χ4n) is 4.10. The zero-order valence-electron chi connectivity index (χ0n) is 19.5. The highest BCUT2D eigenvalue weighted by Gasteiger charge is 2.39. The predicted molar refractivity (Wildman–Crippen MR) is 123 cm³/mol. The number of hydrogen-bond donors (Lipinski definition) is 2. The molecular formula is C25H26FN3O6. The summed E-state index contributed by atoms with van der Waals surface area (Å²) in [5.74, 6) is -1.28. The number of piperidine rings is 1. The van der Waals surface area contributed by atoms with E-state index in [4.69, 9.17) is 9.47 Å². The van der Waals surface area contributed by atoms with Gasteiger partial charge in [-0.3, -0.25) is 25.0 Å². The van der Waals surface area contributed by atoms with E-state index < -0.39 is 23.9 Å². The molecule has 2 heterocycles. The molecule has 0 aliphatic carbocycles. The Labute approximate surface area is 201 Å². The lowest BCUT2D eigenvalue weighted by molar-refractivity contribution is -0.136. The van der Waals surface area contributed by atoms with Crippen LogP contribution in [0.15, 0.2) is 30.3 Å². The van der Waals surface area contributed by atoms with Crippen LogP contribution in [-0.4, -0.2) is 41.4 Å². The fraction of sp³-hybridized carbons (Fsp3) is 0.360. The summed E-state index contributed by atoms with van der Waals surface area (Å²) in [5, 5.41) is 4.65. The highest BCUT2D eigenvalue weighted by molar-refractivity contribution is 6.05. The molecule has 0 bridgehead atoms. The van der Waals surface area contributed by atoms with Crippen molar-refractivity contribution in [2.75, 3.05) is 11.9 Å². The zero-order chi connectivity index (χ0) is 25.1. The van der Waals surface area contributed by atoms with Gasteiger partial charge in [0.1, 0.15) is 24.2 Å². The van der Waals surface area contributed by atoms with Gasteiger partial charge in [0.15, 0.2) is 0 Å². The average Bonchev–Trinajstić information content (AvgIpc) is 3.14. The minimum absolute atomic E-state index is 0.0595. The van der Waals surface area contributed by atoms with E-state index in [0.29, 0.717) is 29.0 Å². The Hall–Kier alpha value is -3.95. The van der Waals surface area contributed by atoms with Gasteiger partial charge in [-0.1, -0.05) is 19.1 Å². The van der Waals surface area contributed by atoms with Gasteiger partial charge in [-0.05, 0) is 48.6 Å². The van der Waals surface area contributed by atoms with Crippen LogP contribution < -0.4 is 15.4 Å². The molecular weight excluding hydrogens is 457 g/mol. The topological polar surface area (TPSA) is 114 Å². The van der Waals surface area contributed by atoms with Crippen LogP contribution in [0.25, 0.3) is 0 Å². The first-order chi connectivity index (χ1) is 16.8. The van der Waals surface area contributed by atoms with Crippen molar-refractivity contribution in [1.29, 1.82) is 0 Å². The van der Waals surface area contributed by atoms with E-state index in [0.717, 1.165) is 12.0 Å². The normalized spacial score (nSPS) is 17.2. The zero-order valence-corrected chi connectivity index (χ0v) is 19.5. The average molecular weight is 483 g/mol. The van der Waals surface area contributed by atoms with E-state index in [1.165, 1.54) is 17.0 Å². The van der Waals surface area contributed by atoms with E-state index in [1.54, 1.807) is 25.1 Å². The maximum Gasteiger partial charge on any atom is 0.412 e. The number of aryl methyl sites for hydroxylation is 1. The van der Waals surface area contributed by atoms with Gasteiger partial charge in [-0.2, -0.15) is 0 Å². The van der Waals surface area contributed by atoms with Gasteiger partial charge in [0.05, 0.1) is 12.3 Å². The summed E-state index contributed by atoms with van der Waals surface area (Å²) in [6.45, 7) is 4.25. The van der Waals surface area contributed by atoms with Crippen molar-refractivity contribution in [2.24, 2.45) is 0 Å². The van der Waals surface area contributed by atoms with Crippen LogP contribution >= 0.6 is 0 Å². The van der Waals surface area contributed by atoms with Crippen LogP contribution in [-0.2, 0) is 27.5 Å². The van der Waals surface area contributed by atoms with Gasteiger partial charge in [0.2, 0.25) is 11.8 Å². The van der Waals surface area contributed by atoms with Crippen LogP contribution in [0.3, 0.4) is 0 Å². The third-order valence-electron chi connectivity index (χ3n) is 5.93. The number of hydrogen-bond acceptors (Lipinski definition) is 6. The Morgan fingerprint density at radius 2 is 2.03 bits per heavy atom. The lowest BCUT2D eigenvalue weighted by atomic mass is 10.0. The number of nitrogens with zero attached hydrogens (tertiary/aromatic N) is 1. The summed E-state index contributed by atoms with van der Waals surface area (Å²) in [7, 11) is 0. The number of fused-ring (bicyclic) bond motifs is 1. The van der Waals surface area contributed by atoms with Crippen LogP contribution in [0.1, 0.15) is 53.2 Å². The number of imide groups is 1. The van der Waals surface area contributed by atoms with Crippen LogP contribution in [0, 0.1) is 12.7 Å². The molecule has 1 unspecified atom stereocenters. The third kappa shape index (κ3) is 5.26. The van der Waals surface area contributed by atoms with E-state index in [9.17, 15) is 23.6 Å². The number of carbonyl (C=O) groups excluding carboxylic acids is 4. The Morgan fingerprint density at radius 3 is 2.77 bits per heavy atom. The number of rotatable bonds is 7. The fourth-order valence-corrected chi connectivity index (χ4v) is 4.10. The number of anilines is 1. The molecule has 10 heteroatoms. The summed E-state index contributed by atoms with van der Waals surface area (Å²) in [4.78, 5) is 50.2. The Morgan fingerprint density at radius 1 is 1.23 bits per heavy atom. The van der Waals surface area contributed by atoms with Crippen LogP contribution in [0.4, 0.5) is 14.9 Å². The number of halogens is 1. The second kappa shape index (κ2) is 10.1. The second-order valence-electron chi connectivity index (χ2n) is 8.54. The minimum Gasteiger partial charge on any atom is -0.493 e. The highest BCUT2D eigenvalue weighted by Crippen LogP contribution is 2.29. The Kier molecular flexibility index (Phi) is 6.99. The molecule has 9 nitrogen and oxygen atoms in total. The lowest BCUT2D eigenvalue weighted by Crippen LogP contribution is -2.52. The Balaban J connectivity index is 1.38. The number of nitrogens with one attached hydrogen (secondary N) is 2. The van der Waals surface area contributed by atoms with Crippen molar-refractivity contribution in [3.8, 4) is 5.75 Å². The van der Waals surface area contributed by atoms with E-state index in [1.807, 2.05) is 6.92 Å². The summed E-state index contributed by atoms with van der Waals surface area (Å²) < 4.78 is 25.1. The SMILES string of the molecule is CCCOc1cc(NC(=O)OCc2ccc3c(c2)C(=O)N(C2CCC(=O)NC2=O)C3)c(F)cc1C. The van der Waals surface area contributed by atoms with Gasteiger partial charge >= 0.3 is 6.09 Å². The molecule has 0 spiro atoms. The van der Waals surface area contributed by atoms with Crippen molar-refractivity contribution < 1.29 is 33.0 Å². The first-order valence-corrected chi connectivity index (χ1v) is 11.4. The molecule has 2 N–H and O–H groups in total. The molecule has 1 atom stereocenters. The molecule has 0 radical (unpaired) electrons. The molecule has 2 aromatic carbocycles. The molecule has 1 fully saturated rings. The lowest BCUT2D eigenvalue weighted by Gasteiger charge is -2.29. The summed E-state index contributed by atoms with van der Waals surface area (Å²) in [6, 6.07) is 7.07. The summed E-state index contributed by atoms with van der Waals surface area (Å²) in [5.41, 5.74) is 2.28. The van der Waals surface area contributed by atoms with Gasteiger partial charge in [-0.25, -0.2) is 9.18 Å². The first kappa shape index (κ1) is 24.2. The smallest absolute Gasteiger partial charge is 0.412 e. The molecule has 0 saturated carbocycles. The van der Waals surface area contributed by atoms with Gasteiger partial charge in [0.25, 0.3) is 5.91 Å². The molecule has 184 valence electrons. The highest BCUT2D eigenvalue weighted by atomic mass is 19.1. The maximum atomic E-state index is 14.3. The molecule has 0 aromatic heterocycles. The third-order valence-corrected chi connectivity index (χ3v) is 5.93. The van der Waals surface area contributed by atoms with Gasteiger partial charge in [0, 0.05) is 24.6 Å². The quantitative estimate of drug-likeness (QED) is 0.584. The monoisotopic (exact) mass is 483 g/mol. The molecule has 2 aliphatic heterocycles. The molecule has 35 heavy (non-hydrogen) atoms. The van der Waals surface area contributed by atoms with E-state index in [2.05, 4.69) is 10.6 Å². The summed E-state index contributed by atoms with van der Waals surface area (Å²) in [6.07, 6.45) is 0.391. The largest absolute Gasteiger partial charge is 0.493 e. The maximum absolute atomic E-state index is 14.3.